The van der Waals surface area contributed by atoms with Crippen molar-refractivity contribution < 1.29 is 14.6 Å². The minimum atomic E-state index is -0.731. The van der Waals surface area contributed by atoms with E-state index < -0.39 is 11.5 Å². The monoisotopic (exact) mass is 297 g/mol. The number of aliphatic carboxylic acids is 1. The molecule has 2 aliphatic carbocycles. The van der Waals surface area contributed by atoms with Crippen molar-refractivity contribution in [2.24, 2.45) is 11.8 Å². The van der Waals surface area contributed by atoms with Crippen LogP contribution in [0.1, 0.15) is 65.2 Å². The average molecular weight is 297 g/mol. The van der Waals surface area contributed by atoms with Crippen molar-refractivity contribution in [3.8, 4) is 0 Å². The van der Waals surface area contributed by atoms with Crippen molar-refractivity contribution in [3.05, 3.63) is 0 Å². The maximum absolute atomic E-state index is 11.8. The zero-order valence-electron chi connectivity index (χ0n) is 13.6. The first-order valence-electron chi connectivity index (χ1n) is 8.63. The zero-order chi connectivity index (χ0) is 15.3. The highest BCUT2D eigenvalue weighted by atomic mass is 16.5. The topological polar surface area (TPSA) is 58.6 Å². The van der Waals surface area contributed by atoms with Crippen molar-refractivity contribution in [2.45, 2.75) is 76.8 Å². The Bertz CT molecular complexity index is 341. The standard InChI is InChI=1S/C17H31NO3/c1-13(2)18-17(16(19)20)10-4-7-15(17)9-12-21-11-8-14-5-3-6-14/h13-15,18H,3-12H2,1-2H3,(H,19,20). The third-order valence-electron chi connectivity index (χ3n) is 5.25. The Hall–Kier alpha value is -0.610. The summed E-state index contributed by atoms with van der Waals surface area (Å²) in [7, 11) is 0. The van der Waals surface area contributed by atoms with Gasteiger partial charge in [-0.25, -0.2) is 0 Å². The summed E-state index contributed by atoms with van der Waals surface area (Å²) in [6.07, 6.45) is 8.90. The van der Waals surface area contributed by atoms with Gasteiger partial charge in [-0.3, -0.25) is 10.1 Å². The summed E-state index contributed by atoms with van der Waals surface area (Å²) in [4.78, 5) is 11.8. The normalized spacial score (nSPS) is 29.8. The van der Waals surface area contributed by atoms with Crippen LogP contribution in [0.2, 0.25) is 0 Å². The molecule has 0 radical (unpaired) electrons. The van der Waals surface area contributed by atoms with E-state index in [2.05, 4.69) is 5.32 Å². The van der Waals surface area contributed by atoms with Gasteiger partial charge in [0.1, 0.15) is 5.54 Å². The fourth-order valence-corrected chi connectivity index (χ4v) is 3.88. The molecule has 2 saturated carbocycles. The average Bonchev–Trinajstić information content (AvgIpc) is 2.75. The smallest absolute Gasteiger partial charge is 0.324 e. The van der Waals surface area contributed by atoms with Crippen molar-refractivity contribution in [1.82, 2.24) is 5.32 Å². The Morgan fingerprint density at radius 1 is 1.24 bits per heavy atom. The number of carbonyl (C=O) groups is 1. The van der Waals surface area contributed by atoms with Crippen LogP contribution in [-0.4, -0.2) is 35.9 Å². The summed E-state index contributed by atoms with van der Waals surface area (Å²) in [5.74, 6) is 0.395. The van der Waals surface area contributed by atoms with E-state index in [1.54, 1.807) is 0 Å². The van der Waals surface area contributed by atoms with Gasteiger partial charge in [0.25, 0.3) is 0 Å². The lowest BCUT2D eigenvalue weighted by Gasteiger charge is -2.34. The highest BCUT2D eigenvalue weighted by Gasteiger charge is 2.48. The molecule has 2 N–H and O–H groups in total. The van der Waals surface area contributed by atoms with E-state index in [1.165, 1.54) is 25.7 Å². The first-order chi connectivity index (χ1) is 10.0. The van der Waals surface area contributed by atoms with Crippen LogP contribution in [0.15, 0.2) is 0 Å². The van der Waals surface area contributed by atoms with Crippen molar-refractivity contribution in [3.63, 3.8) is 0 Å². The molecule has 0 bridgehead atoms. The Morgan fingerprint density at radius 2 is 1.95 bits per heavy atom. The van der Waals surface area contributed by atoms with Gasteiger partial charge in [-0.05, 0) is 51.4 Å². The number of carboxylic acids is 1. The number of rotatable bonds is 9. The fourth-order valence-electron chi connectivity index (χ4n) is 3.88. The molecular weight excluding hydrogens is 266 g/mol. The van der Waals surface area contributed by atoms with Crippen LogP contribution < -0.4 is 5.32 Å². The van der Waals surface area contributed by atoms with Gasteiger partial charge in [0.15, 0.2) is 0 Å². The van der Waals surface area contributed by atoms with Crippen LogP contribution in [0.3, 0.4) is 0 Å². The van der Waals surface area contributed by atoms with E-state index in [1.807, 2.05) is 13.8 Å². The molecule has 2 rings (SSSR count). The Labute approximate surface area is 128 Å². The van der Waals surface area contributed by atoms with Crippen LogP contribution >= 0.6 is 0 Å². The molecule has 0 heterocycles. The minimum absolute atomic E-state index is 0.195. The molecule has 2 fully saturated rings. The number of ether oxygens (including phenoxy) is 1. The third-order valence-corrected chi connectivity index (χ3v) is 5.25. The van der Waals surface area contributed by atoms with Gasteiger partial charge in [-0.2, -0.15) is 0 Å². The highest BCUT2D eigenvalue weighted by Crippen LogP contribution is 2.38. The molecule has 2 unspecified atom stereocenters. The molecule has 2 atom stereocenters. The second kappa shape index (κ2) is 7.59. The summed E-state index contributed by atoms with van der Waals surface area (Å²) >= 11 is 0. The molecule has 21 heavy (non-hydrogen) atoms. The lowest BCUT2D eigenvalue weighted by Crippen LogP contribution is -2.57. The van der Waals surface area contributed by atoms with Gasteiger partial charge < -0.3 is 9.84 Å². The molecule has 122 valence electrons. The van der Waals surface area contributed by atoms with Gasteiger partial charge in [-0.1, -0.05) is 25.7 Å². The van der Waals surface area contributed by atoms with Crippen molar-refractivity contribution >= 4 is 5.97 Å². The maximum Gasteiger partial charge on any atom is 0.324 e. The number of carboxylic acid groups (broad SMARTS) is 1. The van der Waals surface area contributed by atoms with Crippen LogP contribution in [-0.2, 0) is 9.53 Å². The fraction of sp³-hybridized carbons (Fsp3) is 0.941. The molecule has 0 amide bonds. The maximum atomic E-state index is 11.8. The van der Waals surface area contributed by atoms with E-state index in [0.29, 0.717) is 6.61 Å². The van der Waals surface area contributed by atoms with E-state index >= 15 is 0 Å². The molecule has 0 saturated heterocycles. The van der Waals surface area contributed by atoms with Gasteiger partial charge in [0.2, 0.25) is 0 Å². The number of nitrogens with one attached hydrogen (secondary N) is 1. The summed E-state index contributed by atoms with van der Waals surface area (Å²) in [6, 6.07) is 0.196. The first-order valence-corrected chi connectivity index (χ1v) is 8.63. The van der Waals surface area contributed by atoms with Crippen molar-refractivity contribution in [1.29, 1.82) is 0 Å². The lowest BCUT2D eigenvalue weighted by molar-refractivity contribution is -0.147. The van der Waals surface area contributed by atoms with E-state index in [4.69, 9.17) is 4.74 Å². The zero-order valence-corrected chi connectivity index (χ0v) is 13.6. The molecule has 0 aromatic heterocycles. The summed E-state index contributed by atoms with van der Waals surface area (Å²) in [5.41, 5.74) is -0.731. The molecule has 0 aromatic carbocycles. The Morgan fingerprint density at radius 3 is 2.52 bits per heavy atom. The molecular formula is C17H31NO3. The molecule has 0 aliphatic heterocycles. The van der Waals surface area contributed by atoms with E-state index in [9.17, 15) is 9.90 Å². The largest absolute Gasteiger partial charge is 0.480 e. The van der Waals surface area contributed by atoms with Crippen LogP contribution in [0.5, 0.6) is 0 Å². The summed E-state index contributed by atoms with van der Waals surface area (Å²) < 4.78 is 5.76. The lowest BCUT2D eigenvalue weighted by atomic mass is 9.83. The van der Waals surface area contributed by atoms with Crippen molar-refractivity contribution in [2.75, 3.05) is 13.2 Å². The van der Waals surface area contributed by atoms with Gasteiger partial charge in [0.05, 0.1) is 0 Å². The Kier molecular flexibility index (Phi) is 6.06. The second-order valence-corrected chi connectivity index (χ2v) is 7.15. The molecule has 2 aliphatic rings. The number of hydrogen-bond donors (Lipinski definition) is 2. The van der Waals surface area contributed by atoms with E-state index in [0.717, 1.165) is 38.2 Å². The second-order valence-electron chi connectivity index (χ2n) is 7.15. The van der Waals surface area contributed by atoms with Crippen LogP contribution in [0, 0.1) is 11.8 Å². The SMILES string of the molecule is CC(C)NC1(C(=O)O)CCCC1CCOCCC1CCC1. The van der Waals surface area contributed by atoms with Gasteiger partial charge >= 0.3 is 5.97 Å². The van der Waals surface area contributed by atoms with Gasteiger partial charge in [0, 0.05) is 19.3 Å². The number of hydrogen-bond acceptors (Lipinski definition) is 3. The molecule has 0 aromatic rings. The predicted octanol–water partition coefficient (Wildman–Crippen LogP) is 3.20. The van der Waals surface area contributed by atoms with E-state index in [-0.39, 0.29) is 12.0 Å². The van der Waals surface area contributed by atoms with Gasteiger partial charge in [-0.15, -0.1) is 0 Å². The predicted molar refractivity (Wildman–Crippen MR) is 83.4 cm³/mol. The quantitative estimate of drug-likeness (QED) is 0.642. The first kappa shape index (κ1) is 16.8. The van der Waals surface area contributed by atoms with Crippen LogP contribution in [0.4, 0.5) is 0 Å². The van der Waals surface area contributed by atoms with Crippen LogP contribution in [0.25, 0.3) is 0 Å². The third kappa shape index (κ3) is 4.19. The molecule has 4 nitrogen and oxygen atoms in total. The Balaban J connectivity index is 1.75. The molecule has 4 heteroatoms. The summed E-state index contributed by atoms with van der Waals surface area (Å²) in [5, 5.41) is 13.0. The molecule has 0 spiro atoms. The minimum Gasteiger partial charge on any atom is -0.480 e. The highest BCUT2D eigenvalue weighted by molar-refractivity contribution is 5.79. The summed E-state index contributed by atoms with van der Waals surface area (Å²) in [6.45, 7) is 5.59.